The van der Waals surface area contributed by atoms with Crippen molar-refractivity contribution < 1.29 is 19.1 Å². The van der Waals surface area contributed by atoms with Crippen LogP contribution in [0.5, 0.6) is 0 Å². The number of anilines is 2. The Morgan fingerprint density at radius 1 is 0.852 bits per heavy atom. The van der Waals surface area contributed by atoms with Gasteiger partial charge in [-0.25, -0.2) is 4.79 Å². The minimum atomic E-state index is -1.30. The maximum absolute atomic E-state index is 12.7. The van der Waals surface area contributed by atoms with E-state index in [9.17, 15) is 14.4 Å². The molecule has 2 amide bonds. The number of methoxy groups -OCH3 is 1. The molecule has 0 radical (unpaired) electrons. The molecule has 0 saturated carbocycles. The topological polar surface area (TPSA) is 84.5 Å². The van der Waals surface area contributed by atoms with Crippen LogP contribution in [-0.4, -0.2) is 24.9 Å². The summed E-state index contributed by atoms with van der Waals surface area (Å²) in [5.74, 6) is -1.30. The van der Waals surface area contributed by atoms with Crippen LogP contribution in [0.3, 0.4) is 0 Å². The van der Waals surface area contributed by atoms with E-state index in [2.05, 4.69) is 15.4 Å². The molecular formula is C21H24N2O4. The minimum absolute atomic E-state index is 0.377. The van der Waals surface area contributed by atoms with Crippen LogP contribution in [0.2, 0.25) is 0 Å². The van der Waals surface area contributed by atoms with Gasteiger partial charge in [-0.3, -0.25) is 9.59 Å². The molecule has 0 unspecified atom stereocenters. The van der Waals surface area contributed by atoms with Gasteiger partial charge in [-0.15, -0.1) is 0 Å². The van der Waals surface area contributed by atoms with Gasteiger partial charge < -0.3 is 15.4 Å². The molecule has 27 heavy (non-hydrogen) atoms. The van der Waals surface area contributed by atoms with E-state index in [0.717, 1.165) is 11.1 Å². The number of benzene rings is 2. The molecule has 6 heteroatoms. The fraction of sp³-hybridized carbons (Fsp3) is 0.286. The number of para-hydroxylation sites is 1. The summed E-state index contributed by atoms with van der Waals surface area (Å²) in [4.78, 5) is 36.8. The first-order valence-electron chi connectivity index (χ1n) is 8.54. The van der Waals surface area contributed by atoms with Crippen molar-refractivity contribution in [3.63, 3.8) is 0 Å². The Bertz CT molecular complexity index is 850. The van der Waals surface area contributed by atoms with Crippen LogP contribution in [0.25, 0.3) is 0 Å². The van der Waals surface area contributed by atoms with Gasteiger partial charge in [-0.05, 0) is 63.1 Å². The number of hydrogen-bond acceptors (Lipinski definition) is 4. The van der Waals surface area contributed by atoms with E-state index < -0.39 is 23.2 Å². The van der Waals surface area contributed by atoms with Gasteiger partial charge in [0.25, 0.3) is 0 Å². The lowest BCUT2D eigenvalue weighted by atomic mass is 9.90. The number of aryl methyl sites for hydroxylation is 2. The van der Waals surface area contributed by atoms with Crippen molar-refractivity contribution in [2.45, 2.75) is 27.7 Å². The SMILES string of the molecule is COC(=O)c1ccc(NC(=O)C(C)(C)C(=O)Nc2c(C)cccc2C)cc1. The molecule has 0 spiro atoms. The zero-order valence-electron chi connectivity index (χ0n) is 16.2. The molecule has 0 aliphatic rings. The first-order valence-corrected chi connectivity index (χ1v) is 8.54. The molecule has 0 aromatic heterocycles. The van der Waals surface area contributed by atoms with E-state index in [-0.39, 0.29) is 0 Å². The molecule has 0 aliphatic heterocycles. The Hall–Kier alpha value is -3.15. The molecule has 2 N–H and O–H groups in total. The molecule has 2 aromatic rings. The molecule has 0 fully saturated rings. The number of carbonyl (C=O) groups is 3. The van der Waals surface area contributed by atoms with Crippen molar-refractivity contribution in [1.82, 2.24) is 0 Å². The second kappa shape index (κ2) is 8.03. The fourth-order valence-electron chi connectivity index (χ4n) is 2.48. The van der Waals surface area contributed by atoms with Crippen LogP contribution in [0.1, 0.15) is 35.3 Å². The Labute approximate surface area is 158 Å². The third-order valence-electron chi connectivity index (χ3n) is 4.42. The van der Waals surface area contributed by atoms with Gasteiger partial charge in [0.1, 0.15) is 5.41 Å². The lowest BCUT2D eigenvalue weighted by Gasteiger charge is -2.24. The smallest absolute Gasteiger partial charge is 0.337 e. The maximum atomic E-state index is 12.7. The molecule has 0 atom stereocenters. The van der Waals surface area contributed by atoms with Crippen LogP contribution >= 0.6 is 0 Å². The highest BCUT2D eigenvalue weighted by Crippen LogP contribution is 2.25. The number of nitrogens with one attached hydrogen (secondary N) is 2. The third-order valence-corrected chi connectivity index (χ3v) is 4.42. The summed E-state index contributed by atoms with van der Waals surface area (Å²) < 4.78 is 4.64. The van der Waals surface area contributed by atoms with Crippen molar-refractivity contribution in [2.24, 2.45) is 5.41 Å². The van der Waals surface area contributed by atoms with Gasteiger partial charge >= 0.3 is 5.97 Å². The van der Waals surface area contributed by atoms with Crippen molar-refractivity contribution in [1.29, 1.82) is 0 Å². The van der Waals surface area contributed by atoms with Crippen LogP contribution in [0.15, 0.2) is 42.5 Å². The van der Waals surface area contributed by atoms with Crippen molar-refractivity contribution in [3.05, 3.63) is 59.2 Å². The number of esters is 1. The number of carbonyl (C=O) groups excluding carboxylic acids is 3. The summed E-state index contributed by atoms with van der Waals surface area (Å²) in [6.07, 6.45) is 0. The first-order chi connectivity index (χ1) is 12.7. The monoisotopic (exact) mass is 368 g/mol. The molecule has 6 nitrogen and oxygen atoms in total. The van der Waals surface area contributed by atoms with Gasteiger partial charge in [0.2, 0.25) is 11.8 Å². The summed E-state index contributed by atoms with van der Waals surface area (Å²) in [6, 6.07) is 12.0. The highest BCUT2D eigenvalue weighted by molar-refractivity contribution is 6.14. The van der Waals surface area contributed by atoms with Gasteiger partial charge in [-0.2, -0.15) is 0 Å². The zero-order valence-corrected chi connectivity index (χ0v) is 16.2. The molecule has 2 aromatic carbocycles. The third kappa shape index (κ3) is 4.53. The van der Waals surface area contributed by atoms with Crippen LogP contribution in [0, 0.1) is 19.3 Å². The molecular weight excluding hydrogens is 344 g/mol. The predicted octanol–water partition coefficient (Wildman–Crippen LogP) is 3.69. The Morgan fingerprint density at radius 2 is 1.37 bits per heavy atom. The van der Waals surface area contributed by atoms with Crippen molar-refractivity contribution in [2.75, 3.05) is 17.7 Å². The van der Waals surface area contributed by atoms with Crippen molar-refractivity contribution in [3.8, 4) is 0 Å². The van der Waals surface area contributed by atoms with Crippen LogP contribution in [-0.2, 0) is 14.3 Å². The van der Waals surface area contributed by atoms with E-state index in [1.165, 1.54) is 7.11 Å². The largest absolute Gasteiger partial charge is 0.465 e. The summed E-state index contributed by atoms with van der Waals surface area (Å²) in [7, 11) is 1.30. The highest BCUT2D eigenvalue weighted by atomic mass is 16.5. The standard InChI is InChI=1S/C21H24N2O4/c1-13-7-6-8-14(2)17(13)23-20(26)21(3,4)19(25)22-16-11-9-15(10-12-16)18(24)27-5/h6-12H,1-5H3,(H,22,25)(H,23,26). The molecule has 0 saturated heterocycles. The average Bonchev–Trinajstić information content (AvgIpc) is 2.64. The number of ether oxygens (including phenoxy) is 1. The Balaban J connectivity index is 2.12. The second-order valence-electron chi connectivity index (χ2n) is 6.87. The summed E-state index contributed by atoms with van der Waals surface area (Å²) in [5, 5.41) is 5.57. The fourth-order valence-corrected chi connectivity index (χ4v) is 2.48. The Kier molecular flexibility index (Phi) is 6.00. The normalized spacial score (nSPS) is 10.9. The lowest BCUT2D eigenvalue weighted by molar-refractivity contribution is -0.135. The van der Waals surface area contributed by atoms with E-state index in [1.807, 2.05) is 32.0 Å². The van der Waals surface area contributed by atoms with Gasteiger partial charge in [-0.1, -0.05) is 18.2 Å². The van der Waals surface area contributed by atoms with E-state index in [0.29, 0.717) is 16.9 Å². The number of amides is 2. The van der Waals surface area contributed by atoms with E-state index >= 15 is 0 Å². The maximum Gasteiger partial charge on any atom is 0.337 e. The zero-order chi connectivity index (χ0) is 20.2. The summed E-state index contributed by atoms with van der Waals surface area (Å²) in [6.45, 7) is 6.93. The lowest BCUT2D eigenvalue weighted by Crippen LogP contribution is -2.41. The van der Waals surface area contributed by atoms with Gasteiger partial charge in [0.05, 0.1) is 12.7 Å². The predicted molar refractivity (Wildman–Crippen MR) is 105 cm³/mol. The molecule has 0 bridgehead atoms. The number of rotatable bonds is 5. The van der Waals surface area contributed by atoms with E-state index in [4.69, 9.17) is 0 Å². The van der Waals surface area contributed by atoms with Crippen LogP contribution < -0.4 is 10.6 Å². The van der Waals surface area contributed by atoms with Gasteiger partial charge in [0.15, 0.2) is 0 Å². The van der Waals surface area contributed by atoms with Crippen LogP contribution in [0.4, 0.5) is 11.4 Å². The molecule has 142 valence electrons. The van der Waals surface area contributed by atoms with E-state index in [1.54, 1.807) is 38.1 Å². The second-order valence-corrected chi connectivity index (χ2v) is 6.87. The van der Waals surface area contributed by atoms with Crippen molar-refractivity contribution >= 4 is 29.2 Å². The molecule has 2 rings (SSSR count). The minimum Gasteiger partial charge on any atom is -0.465 e. The van der Waals surface area contributed by atoms with Gasteiger partial charge in [0, 0.05) is 11.4 Å². The summed E-state index contributed by atoms with van der Waals surface area (Å²) in [5.41, 5.74) is 2.14. The Morgan fingerprint density at radius 3 is 1.89 bits per heavy atom. The quantitative estimate of drug-likeness (QED) is 0.623. The molecule has 0 heterocycles. The first kappa shape index (κ1) is 20.2. The average molecular weight is 368 g/mol. The summed E-state index contributed by atoms with van der Waals surface area (Å²) >= 11 is 0. The highest BCUT2D eigenvalue weighted by Gasteiger charge is 2.36. The number of hydrogen-bond donors (Lipinski definition) is 2. The molecule has 0 aliphatic carbocycles.